The number of nitrogens with zero attached hydrogens (tertiary/aromatic N) is 1. The normalized spacial score (nSPS) is 15.7. The van der Waals surface area contributed by atoms with Crippen LogP contribution >= 0.6 is 0 Å². The molecule has 0 fully saturated rings. The number of anilines is 2. The number of hydrogen-bond donors (Lipinski definition) is 1. The fourth-order valence-electron chi connectivity index (χ4n) is 4.05. The molecule has 30 heavy (non-hydrogen) atoms. The minimum atomic E-state index is -3.73. The second-order valence-electron chi connectivity index (χ2n) is 7.87. The minimum Gasteiger partial charge on any atom is -0.305 e. The van der Waals surface area contributed by atoms with E-state index in [4.69, 9.17) is 0 Å². The number of carbonyl (C=O) groups is 1. The maximum atomic E-state index is 13.0. The molecule has 5 nitrogen and oxygen atoms in total. The number of aryl methyl sites for hydroxylation is 2. The third-order valence-corrected chi connectivity index (χ3v) is 6.67. The van der Waals surface area contributed by atoms with Crippen LogP contribution in [0.15, 0.2) is 71.6 Å². The summed E-state index contributed by atoms with van der Waals surface area (Å²) >= 11 is 0. The lowest BCUT2D eigenvalue weighted by Gasteiger charge is -2.23. The summed E-state index contributed by atoms with van der Waals surface area (Å²) in [6.45, 7) is 5.84. The van der Waals surface area contributed by atoms with E-state index in [0.29, 0.717) is 17.7 Å². The highest BCUT2D eigenvalue weighted by Crippen LogP contribution is 2.35. The van der Waals surface area contributed by atoms with Crippen LogP contribution in [0, 0.1) is 13.8 Å². The predicted octanol–water partition coefficient (Wildman–Crippen LogP) is 4.70. The van der Waals surface area contributed by atoms with E-state index in [1.165, 1.54) is 0 Å². The van der Waals surface area contributed by atoms with Crippen LogP contribution in [0.4, 0.5) is 11.4 Å². The first kappa shape index (κ1) is 20.2. The molecule has 1 atom stereocenters. The Labute approximate surface area is 177 Å². The van der Waals surface area contributed by atoms with Gasteiger partial charge in [0.05, 0.1) is 4.90 Å². The van der Waals surface area contributed by atoms with Gasteiger partial charge in [0.15, 0.2) is 0 Å². The Kier molecular flexibility index (Phi) is 5.12. The SMILES string of the molecule is Cc1cc(C)cc(NS(=O)(=O)c2ccc3c(c2)C[C@H](C)N3C(=O)c2ccccc2)c1. The second kappa shape index (κ2) is 7.61. The molecule has 154 valence electrons. The molecular weight excluding hydrogens is 396 g/mol. The molecule has 0 radical (unpaired) electrons. The van der Waals surface area contributed by atoms with Gasteiger partial charge in [-0.25, -0.2) is 8.42 Å². The smallest absolute Gasteiger partial charge is 0.261 e. The van der Waals surface area contributed by atoms with Crippen LogP contribution < -0.4 is 9.62 Å². The molecule has 1 N–H and O–H groups in total. The van der Waals surface area contributed by atoms with Crippen LogP contribution in [0.3, 0.4) is 0 Å². The molecule has 0 aromatic heterocycles. The number of carbonyl (C=O) groups excluding carboxylic acids is 1. The molecular formula is C24H24N2O3S. The molecule has 0 spiro atoms. The van der Waals surface area contributed by atoms with Crippen molar-refractivity contribution in [2.75, 3.05) is 9.62 Å². The fourth-order valence-corrected chi connectivity index (χ4v) is 5.14. The number of rotatable bonds is 4. The van der Waals surface area contributed by atoms with Crippen molar-refractivity contribution in [3.05, 3.63) is 89.0 Å². The summed E-state index contributed by atoms with van der Waals surface area (Å²) < 4.78 is 28.6. The number of nitrogens with one attached hydrogen (secondary N) is 1. The zero-order valence-corrected chi connectivity index (χ0v) is 18.0. The molecule has 1 amide bonds. The average molecular weight is 421 g/mol. The van der Waals surface area contributed by atoms with Crippen LogP contribution in [0.25, 0.3) is 0 Å². The van der Waals surface area contributed by atoms with E-state index in [1.54, 1.807) is 47.4 Å². The van der Waals surface area contributed by atoms with Crippen LogP contribution in [0.2, 0.25) is 0 Å². The third-order valence-electron chi connectivity index (χ3n) is 5.29. The van der Waals surface area contributed by atoms with Gasteiger partial charge in [0.1, 0.15) is 0 Å². The summed E-state index contributed by atoms with van der Waals surface area (Å²) in [5.41, 5.74) is 4.76. The minimum absolute atomic E-state index is 0.0435. The lowest BCUT2D eigenvalue weighted by Crippen LogP contribution is -2.35. The molecule has 0 unspecified atom stereocenters. The molecule has 1 heterocycles. The van der Waals surface area contributed by atoms with Gasteiger partial charge in [0.25, 0.3) is 15.9 Å². The summed E-state index contributed by atoms with van der Waals surface area (Å²) in [5.74, 6) is -0.0779. The molecule has 6 heteroatoms. The van der Waals surface area contributed by atoms with E-state index in [2.05, 4.69) is 4.72 Å². The van der Waals surface area contributed by atoms with Gasteiger partial charge in [-0.15, -0.1) is 0 Å². The zero-order valence-electron chi connectivity index (χ0n) is 17.2. The Morgan fingerprint density at radius 3 is 2.30 bits per heavy atom. The quantitative estimate of drug-likeness (QED) is 0.666. The summed E-state index contributed by atoms with van der Waals surface area (Å²) in [7, 11) is -3.73. The fraction of sp³-hybridized carbons (Fsp3) is 0.208. The van der Waals surface area contributed by atoms with Crippen LogP contribution in [0.5, 0.6) is 0 Å². The first-order valence-corrected chi connectivity index (χ1v) is 11.4. The maximum Gasteiger partial charge on any atom is 0.261 e. The standard InChI is InChI=1S/C24H24N2O3S/c1-16-11-17(2)13-21(12-16)25-30(28,29)22-9-10-23-20(15-22)14-18(3)26(23)24(27)19-7-5-4-6-8-19/h4-13,15,18,25H,14H2,1-3H3/t18-/m0/s1. The van der Waals surface area contributed by atoms with Crippen molar-refractivity contribution in [3.63, 3.8) is 0 Å². The summed E-state index contributed by atoms with van der Waals surface area (Å²) in [6, 6.07) is 19.7. The monoisotopic (exact) mass is 420 g/mol. The van der Waals surface area contributed by atoms with Crippen molar-refractivity contribution in [3.8, 4) is 0 Å². The molecule has 4 rings (SSSR count). The largest absolute Gasteiger partial charge is 0.305 e. The zero-order chi connectivity index (χ0) is 21.5. The predicted molar refractivity (Wildman–Crippen MR) is 120 cm³/mol. The highest BCUT2D eigenvalue weighted by Gasteiger charge is 2.32. The maximum absolute atomic E-state index is 13.0. The lowest BCUT2D eigenvalue weighted by atomic mass is 10.1. The van der Waals surface area contributed by atoms with Gasteiger partial charge in [0.2, 0.25) is 0 Å². The first-order valence-electron chi connectivity index (χ1n) is 9.87. The van der Waals surface area contributed by atoms with Crippen molar-refractivity contribution in [2.24, 2.45) is 0 Å². The lowest BCUT2D eigenvalue weighted by molar-refractivity contribution is 0.0981. The van der Waals surface area contributed by atoms with Crippen molar-refractivity contribution in [1.29, 1.82) is 0 Å². The third kappa shape index (κ3) is 3.83. The van der Waals surface area contributed by atoms with Gasteiger partial charge in [-0.1, -0.05) is 24.3 Å². The Morgan fingerprint density at radius 1 is 0.967 bits per heavy atom. The highest BCUT2D eigenvalue weighted by molar-refractivity contribution is 7.92. The molecule has 3 aromatic carbocycles. The Bertz CT molecular complexity index is 1200. The van der Waals surface area contributed by atoms with Crippen molar-refractivity contribution >= 4 is 27.3 Å². The molecule has 0 aliphatic carbocycles. The van der Waals surface area contributed by atoms with Crippen LogP contribution in [0.1, 0.15) is 34.0 Å². The van der Waals surface area contributed by atoms with Gasteiger partial charge in [-0.05, 0) is 86.3 Å². The summed E-state index contributed by atoms with van der Waals surface area (Å²) in [6.07, 6.45) is 0.612. The van der Waals surface area contributed by atoms with Gasteiger partial charge in [-0.2, -0.15) is 0 Å². The van der Waals surface area contributed by atoms with Crippen LogP contribution in [-0.4, -0.2) is 20.4 Å². The molecule has 1 aliphatic rings. The van der Waals surface area contributed by atoms with Gasteiger partial charge < -0.3 is 4.90 Å². The van der Waals surface area contributed by atoms with E-state index in [9.17, 15) is 13.2 Å². The number of fused-ring (bicyclic) bond motifs is 1. The van der Waals surface area contributed by atoms with Gasteiger partial charge in [0, 0.05) is 23.0 Å². The van der Waals surface area contributed by atoms with Crippen molar-refractivity contribution in [1.82, 2.24) is 0 Å². The second-order valence-corrected chi connectivity index (χ2v) is 9.55. The molecule has 0 bridgehead atoms. The first-order chi connectivity index (χ1) is 14.2. The van der Waals surface area contributed by atoms with Crippen LogP contribution in [-0.2, 0) is 16.4 Å². The highest BCUT2D eigenvalue weighted by atomic mass is 32.2. The van der Waals surface area contributed by atoms with Gasteiger partial charge >= 0.3 is 0 Å². The number of sulfonamides is 1. The molecule has 0 saturated carbocycles. The Hall–Kier alpha value is -3.12. The van der Waals surface area contributed by atoms with Crippen molar-refractivity contribution in [2.45, 2.75) is 38.1 Å². The topological polar surface area (TPSA) is 66.5 Å². The Morgan fingerprint density at radius 2 is 1.63 bits per heavy atom. The van der Waals surface area contributed by atoms with Crippen molar-refractivity contribution < 1.29 is 13.2 Å². The number of hydrogen-bond acceptors (Lipinski definition) is 3. The van der Waals surface area contributed by atoms with Gasteiger partial charge in [-0.3, -0.25) is 9.52 Å². The Balaban J connectivity index is 1.64. The van der Waals surface area contributed by atoms with E-state index < -0.39 is 10.0 Å². The van der Waals surface area contributed by atoms with E-state index in [1.807, 2.05) is 45.0 Å². The number of benzene rings is 3. The van der Waals surface area contributed by atoms with E-state index in [-0.39, 0.29) is 16.8 Å². The van der Waals surface area contributed by atoms with E-state index in [0.717, 1.165) is 22.4 Å². The number of amides is 1. The molecule has 1 aliphatic heterocycles. The van der Waals surface area contributed by atoms with E-state index >= 15 is 0 Å². The average Bonchev–Trinajstić information content (AvgIpc) is 3.01. The summed E-state index contributed by atoms with van der Waals surface area (Å²) in [4.78, 5) is 14.9. The molecule has 3 aromatic rings. The molecule has 0 saturated heterocycles. The summed E-state index contributed by atoms with van der Waals surface area (Å²) in [5, 5.41) is 0.